The van der Waals surface area contributed by atoms with Crippen molar-refractivity contribution in [3.05, 3.63) is 59.9 Å². The van der Waals surface area contributed by atoms with Crippen molar-refractivity contribution in [1.82, 2.24) is 5.32 Å². The molecule has 0 saturated heterocycles. The van der Waals surface area contributed by atoms with Gasteiger partial charge in [0.15, 0.2) is 5.11 Å². The number of likely N-dealkylation sites (N-methyl/N-ethyl adjacent to an activating group) is 1. The summed E-state index contributed by atoms with van der Waals surface area (Å²) in [6, 6.07) is 14.6. The van der Waals surface area contributed by atoms with E-state index >= 15 is 0 Å². The number of hydrogen-bond acceptors (Lipinski definition) is 2. The number of aryl methyl sites for hydroxylation is 1. The van der Waals surface area contributed by atoms with Gasteiger partial charge in [-0.1, -0.05) is 12.1 Å². The van der Waals surface area contributed by atoms with Crippen LogP contribution in [0.15, 0.2) is 48.5 Å². The molecule has 0 bridgehead atoms. The van der Waals surface area contributed by atoms with Gasteiger partial charge in [-0.2, -0.15) is 0 Å². The third-order valence-corrected chi connectivity index (χ3v) is 3.76. The maximum atomic E-state index is 12.9. The zero-order valence-electron chi connectivity index (χ0n) is 13.5. The monoisotopic (exact) mass is 331 g/mol. The van der Waals surface area contributed by atoms with Crippen molar-refractivity contribution >= 4 is 28.7 Å². The summed E-state index contributed by atoms with van der Waals surface area (Å²) in [5, 5.41) is 6.76. The van der Waals surface area contributed by atoms with Crippen LogP contribution in [-0.2, 0) is 0 Å². The van der Waals surface area contributed by atoms with E-state index in [1.54, 1.807) is 12.1 Å². The summed E-state index contributed by atoms with van der Waals surface area (Å²) in [5.41, 5.74) is 3.24. The van der Waals surface area contributed by atoms with Gasteiger partial charge in [0, 0.05) is 31.0 Å². The summed E-state index contributed by atoms with van der Waals surface area (Å²) in [6.45, 7) is 6.75. The minimum absolute atomic E-state index is 0.258. The van der Waals surface area contributed by atoms with Crippen molar-refractivity contribution in [1.29, 1.82) is 0 Å². The number of thiocarbonyl (C=S) groups is 1. The molecular formula is C18H22FN3S. The Hall–Kier alpha value is -2.14. The minimum Gasteiger partial charge on any atom is -0.370 e. The van der Waals surface area contributed by atoms with E-state index in [4.69, 9.17) is 12.2 Å². The second-order valence-corrected chi connectivity index (χ2v) is 5.71. The SMILES string of the molecule is CCN(CCNC(=S)Nc1ccc(F)cc1)c1cccc(C)c1. The summed E-state index contributed by atoms with van der Waals surface area (Å²) in [6.07, 6.45) is 0. The Bertz CT molecular complexity index is 643. The van der Waals surface area contributed by atoms with Gasteiger partial charge in [-0.3, -0.25) is 0 Å². The third kappa shape index (κ3) is 5.53. The summed E-state index contributed by atoms with van der Waals surface area (Å²) in [4.78, 5) is 2.29. The lowest BCUT2D eigenvalue weighted by Gasteiger charge is -2.24. The fourth-order valence-electron chi connectivity index (χ4n) is 2.31. The van der Waals surface area contributed by atoms with Crippen LogP contribution < -0.4 is 15.5 Å². The first-order valence-electron chi connectivity index (χ1n) is 7.70. The molecule has 5 heteroatoms. The predicted molar refractivity (Wildman–Crippen MR) is 99.7 cm³/mol. The van der Waals surface area contributed by atoms with Crippen LogP contribution in [0.1, 0.15) is 12.5 Å². The van der Waals surface area contributed by atoms with Gasteiger partial charge < -0.3 is 15.5 Å². The Kier molecular flexibility index (Phi) is 6.35. The number of nitrogens with one attached hydrogen (secondary N) is 2. The van der Waals surface area contributed by atoms with Crippen LogP contribution in [0.2, 0.25) is 0 Å². The standard InChI is InChI=1S/C18H22FN3S/c1-3-22(17-6-4-5-14(2)13-17)12-11-20-18(23)21-16-9-7-15(19)8-10-16/h4-10,13H,3,11-12H2,1-2H3,(H2,20,21,23). The van der Waals surface area contributed by atoms with Crippen LogP contribution in [0.3, 0.4) is 0 Å². The smallest absolute Gasteiger partial charge is 0.170 e. The molecule has 0 saturated carbocycles. The molecule has 2 N–H and O–H groups in total. The van der Waals surface area contributed by atoms with Crippen LogP contribution in [-0.4, -0.2) is 24.7 Å². The van der Waals surface area contributed by atoms with E-state index in [-0.39, 0.29) is 5.82 Å². The predicted octanol–water partition coefficient (Wildman–Crippen LogP) is 3.95. The average Bonchev–Trinajstić information content (AvgIpc) is 2.54. The highest BCUT2D eigenvalue weighted by molar-refractivity contribution is 7.80. The molecule has 0 radical (unpaired) electrons. The molecule has 23 heavy (non-hydrogen) atoms. The minimum atomic E-state index is -0.258. The zero-order chi connectivity index (χ0) is 16.7. The highest BCUT2D eigenvalue weighted by Crippen LogP contribution is 2.15. The van der Waals surface area contributed by atoms with Crippen molar-refractivity contribution in [3.8, 4) is 0 Å². The van der Waals surface area contributed by atoms with Gasteiger partial charge in [0.25, 0.3) is 0 Å². The lowest BCUT2D eigenvalue weighted by atomic mass is 10.2. The van der Waals surface area contributed by atoms with Crippen molar-refractivity contribution in [3.63, 3.8) is 0 Å². The van der Waals surface area contributed by atoms with E-state index in [0.717, 1.165) is 25.3 Å². The van der Waals surface area contributed by atoms with Gasteiger partial charge in [0.05, 0.1) is 0 Å². The molecule has 0 heterocycles. The highest BCUT2D eigenvalue weighted by atomic mass is 32.1. The van der Waals surface area contributed by atoms with Gasteiger partial charge in [0.1, 0.15) is 5.82 Å². The maximum absolute atomic E-state index is 12.9. The van der Waals surface area contributed by atoms with Crippen LogP contribution in [0.4, 0.5) is 15.8 Å². The first-order chi connectivity index (χ1) is 11.1. The lowest BCUT2D eigenvalue weighted by molar-refractivity contribution is 0.628. The van der Waals surface area contributed by atoms with E-state index in [2.05, 4.69) is 53.6 Å². The lowest BCUT2D eigenvalue weighted by Crippen LogP contribution is -2.36. The molecule has 0 aromatic heterocycles. The second-order valence-electron chi connectivity index (χ2n) is 5.31. The quantitative estimate of drug-likeness (QED) is 0.784. The molecule has 0 fully saturated rings. The van der Waals surface area contributed by atoms with Crippen molar-refractivity contribution in [2.45, 2.75) is 13.8 Å². The van der Waals surface area contributed by atoms with E-state index < -0.39 is 0 Å². The van der Waals surface area contributed by atoms with Gasteiger partial charge >= 0.3 is 0 Å². The van der Waals surface area contributed by atoms with Gasteiger partial charge in [-0.05, 0) is 68.0 Å². The Morgan fingerprint density at radius 2 is 1.91 bits per heavy atom. The normalized spacial score (nSPS) is 10.2. The first-order valence-corrected chi connectivity index (χ1v) is 8.11. The summed E-state index contributed by atoms with van der Waals surface area (Å²) >= 11 is 5.26. The highest BCUT2D eigenvalue weighted by Gasteiger charge is 2.04. The Balaban J connectivity index is 1.80. The summed E-state index contributed by atoms with van der Waals surface area (Å²) in [5.74, 6) is -0.258. The topological polar surface area (TPSA) is 27.3 Å². The van der Waals surface area contributed by atoms with Gasteiger partial charge in [0.2, 0.25) is 0 Å². The van der Waals surface area contributed by atoms with Crippen molar-refractivity contribution in [2.24, 2.45) is 0 Å². The van der Waals surface area contributed by atoms with Gasteiger partial charge in [-0.15, -0.1) is 0 Å². The molecule has 0 unspecified atom stereocenters. The number of hydrogen-bond donors (Lipinski definition) is 2. The van der Waals surface area contributed by atoms with Crippen LogP contribution >= 0.6 is 12.2 Å². The van der Waals surface area contributed by atoms with Crippen LogP contribution in [0.5, 0.6) is 0 Å². The number of rotatable bonds is 6. The van der Waals surface area contributed by atoms with Crippen LogP contribution in [0, 0.1) is 12.7 Å². The fourth-order valence-corrected chi connectivity index (χ4v) is 2.53. The van der Waals surface area contributed by atoms with Crippen molar-refractivity contribution in [2.75, 3.05) is 29.9 Å². The molecule has 0 atom stereocenters. The summed E-state index contributed by atoms with van der Waals surface area (Å²) in [7, 11) is 0. The molecule has 0 aliphatic heterocycles. The number of halogens is 1. The number of anilines is 2. The molecule has 0 aliphatic carbocycles. The van der Waals surface area contributed by atoms with E-state index in [0.29, 0.717) is 5.11 Å². The largest absolute Gasteiger partial charge is 0.370 e. The van der Waals surface area contributed by atoms with E-state index in [1.807, 2.05) is 0 Å². The zero-order valence-corrected chi connectivity index (χ0v) is 14.3. The van der Waals surface area contributed by atoms with Crippen molar-refractivity contribution < 1.29 is 4.39 Å². The fraction of sp³-hybridized carbons (Fsp3) is 0.278. The molecule has 2 rings (SSSR count). The molecule has 0 spiro atoms. The molecule has 2 aromatic rings. The number of benzene rings is 2. The Morgan fingerprint density at radius 3 is 2.57 bits per heavy atom. The third-order valence-electron chi connectivity index (χ3n) is 3.52. The average molecular weight is 331 g/mol. The molecule has 2 aromatic carbocycles. The summed E-state index contributed by atoms with van der Waals surface area (Å²) < 4.78 is 12.9. The maximum Gasteiger partial charge on any atom is 0.170 e. The Labute approximate surface area is 142 Å². The molecule has 0 amide bonds. The molecule has 122 valence electrons. The van der Waals surface area contributed by atoms with E-state index in [1.165, 1.54) is 23.4 Å². The van der Waals surface area contributed by atoms with Crippen LogP contribution in [0.25, 0.3) is 0 Å². The molecular weight excluding hydrogens is 309 g/mol. The molecule has 3 nitrogen and oxygen atoms in total. The molecule has 0 aliphatic rings. The van der Waals surface area contributed by atoms with E-state index in [9.17, 15) is 4.39 Å². The van der Waals surface area contributed by atoms with Gasteiger partial charge in [-0.25, -0.2) is 4.39 Å². The Morgan fingerprint density at radius 1 is 1.17 bits per heavy atom. The first kappa shape index (κ1) is 17.2. The number of nitrogens with zero attached hydrogens (tertiary/aromatic N) is 1. The second kappa shape index (κ2) is 8.48.